The van der Waals surface area contributed by atoms with Crippen LogP contribution >= 0.6 is 0 Å². The quantitative estimate of drug-likeness (QED) is 0.545. The van der Waals surface area contributed by atoms with E-state index in [0.29, 0.717) is 0 Å². The van der Waals surface area contributed by atoms with Crippen molar-refractivity contribution < 1.29 is 24.2 Å². The van der Waals surface area contributed by atoms with E-state index in [1.165, 1.54) is 17.7 Å². The van der Waals surface area contributed by atoms with E-state index in [9.17, 15) is 14.4 Å². The van der Waals surface area contributed by atoms with Crippen molar-refractivity contribution in [3.63, 3.8) is 0 Å². The molecule has 0 aliphatic carbocycles. The van der Waals surface area contributed by atoms with Gasteiger partial charge in [0.1, 0.15) is 6.54 Å². The van der Waals surface area contributed by atoms with E-state index in [-0.39, 0.29) is 18.8 Å². The largest absolute Gasteiger partial charge is 0.480 e. The standard InChI is InChI=1S/C12H16N2O5/c1-13-5-3-4-9(13)11(17)12(18)14(6-7-19-2)8-10(15)16/h3-5H,6-8H2,1-2H3,(H,15,16). The summed E-state index contributed by atoms with van der Waals surface area (Å²) in [7, 11) is 3.07. The first kappa shape index (κ1) is 14.9. The molecule has 0 aliphatic rings. The minimum absolute atomic E-state index is 0.0534. The van der Waals surface area contributed by atoms with Gasteiger partial charge in [-0.1, -0.05) is 0 Å². The highest BCUT2D eigenvalue weighted by atomic mass is 16.5. The van der Waals surface area contributed by atoms with Gasteiger partial charge in [-0.15, -0.1) is 0 Å². The van der Waals surface area contributed by atoms with Crippen LogP contribution in [-0.4, -0.2) is 59.0 Å². The number of methoxy groups -OCH3 is 1. The lowest BCUT2D eigenvalue weighted by atomic mass is 10.2. The van der Waals surface area contributed by atoms with Gasteiger partial charge in [-0.05, 0) is 12.1 Å². The van der Waals surface area contributed by atoms with Crippen molar-refractivity contribution >= 4 is 17.7 Å². The molecule has 104 valence electrons. The summed E-state index contributed by atoms with van der Waals surface area (Å²) in [6, 6.07) is 3.15. The van der Waals surface area contributed by atoms with Crippen molar-refractivity contribution in [3.05, 3.63) is 24.0 Å². The molecule has 0 unspecified atom stereocenters. The number of carboxylic acids is 1. The predicted octanol–water partition coefficient (Wildman–Crippen LogP) is -0.233. The summed E-state index contributed by atoms with van der Waals surface area (Å²) in [6.45, 7) is -0.310. The van der Waals surface area contributed by atoms with E-state index in [0.717, 1.165) is 4.90 Å². The van der Waals surface area contributed by atoms with Gasteiger partial charge in [-0.25, -0.2) is 0 Å². The lowest BCUT2D eigenvalue weighted by molar-refractivity contribution is -0.143. The first-order chi connectivity index (χ1) is 8.97. The number of ketones is 1. The molecule has 0 aliphatic heterocycles. The molecular weight excluding hydrogens is 252 g/mol. The van der Waals surface area contributed by atoms with E-state index in [1.807, 2.05) is 0 Å². The van der Waals surface area contributed by atoms with Crippen LogP contribution in [0.2, 0.25) is 0 Å². The van der Waals surface area contributed by atoms with Gasteiger partial charge >= 0.3 is 5.97 Å². The normalized spacial score (nSPS) is 10.2. The number of carboxylic acid groups (broad SMARTS) is 1. The van der Waals surface area contributed by atoms with Gasteiger partial charge in [-0.3, -0.25) is 14.4 Å². The molecule has 0 fully saturated rings. The zero-order valence-electron chi connectivity index (χ0n) is 10.8. The monoisotopic (exact) mass is 268 g/mol. The molecular formula is C12H16N2O5. The van der Waals surface area contributed by atoms with E-state index >= 15 is 0 Å². The van der Waals surface area contributed by atoms with Crippen molar-refractivity contribution in [2.75, 3.05) is 26.8 Å². The molecule has 0 saturated carbocycles. The molecule has 1 aromatic heterocycles. The van der Waals surface area contributed by atoms with Crippen molar-refractivity contribution in [2.45, 2.75) is 0 Å². The van der Waals surface area contributed by atoms with Crippen molar-refractivity contribution in [3.8, 4) is 0 Å². The lowest BCUT2D eigenvalue weighted by Crippen LogP contribution is -2.42. The predicted molar refractivity (Wildman–Crippen MR) is 65.8 cm³/mol. The zero-order valence-corrected chi connectivity index (χ0v) is 10.8. The van der Waals surface area contributed by atoms with Crippen molar-refractivity contribution in [1.82, 2.24) is 9.47 Å². The third-order valence-corrected chi connectivity index (χ3v) is 2.55. The second-order valence-electron chi connectivity index (χ2n) is 3.95. The first-order valence-electron chi connectivity index (χ1n) is 5.63. The Kier molecular flexibility index (Phi) is 5.25. The van der Waals surface area contributed by atoms with Crippen LogP contribution < -0.4 is 0 Å². The maximum absolute atomic E-state index is 12.0. The Labute approximate surface area is 110 Å². The highest BCUT2D eigenvalue weighted by Gasteiger charge is 2.26. The number of amides is 1. The fourth-order valence-corrected chi connectivity index (χ4v) is 1.57. The Morgan fingerprint density at radius 1 is 1.42 bits per heavy atom. The Balaban J connectivity index is 2.83. The van der Waals surface area contributed by atoms with Crippen LogP contribution in [0.1, 0.15) is 10.5 Å². The number of hydrogen-bond donors (Lipinski definition) is 1. The van der Waals surface area contributed by atoms with Crippen LogP contribution in [0, 0.1) is 0 Å². The number of aryl methyl sites for hydroxylation is 1. The van der Waals surface area contributed by atoms with Crippen LogP contribution in [0.3, 0.4) is 0 Å². The van der Waals surface area contributed by atoms with Gasteiger partial charge in [0.2, 0.25) is 0 Å². The molecule has 1 amide bonds. The topological polar surface area (TPSA) is 88.8 Å². The summed E-state index contributed by atoms with van der Waals surface area (Å²) in [6.07, 6.45) is 1.64. The smallest absolute Gasteiger partial charge is 0.323 e. The van der Waals surface area contributed by atoms with Gasteiger partial charge in [0.15, 0.2) is 0 Å². The third-order valence-electron chi connectivity index (χ3n) is 2.55. The Morgan fingerprint density at radius 2 is 2.11 bits per heavy atom. The van der Waals surface area contributed by atoms with Crippen molar-refractivity contribution in [2.24, 2.45) is 7.05 Å². The number of carbonyl (C=O) groups excluding carboxylic acids is 2. The number of hydrogen-bond acceptors (Lipinski definition) is 4. The molecule has 7 heteroatoms. The number of aliphatic carboxylic acids is 1. The van der Waals surface area contributed by atoms with E-state index in [2.05, 4.69) is 0 Å². The molecule has 1 N–H and O–H groups in total. The van der Waals surface area contributed by atoms with E-state index in [4.69, 9.17) is 9.84 Å². The van der Waals surface area contributed by atoms with Crippen molar-refractivity contribution in [1.29, 1.82) is 0 Å². The molecule has 0 spiro atoms. The summed E-state index contributed by atoms with van der Waals surface area (Å²) in [5, 5.41) is 8.75. The van der Waals surface area contributed by atoms with Crippen LogP contribution in [0.15, 0.2) is 18.3 Å². The maximum atomic E-state index is 12.0. The minimum atomic E-state index is -1.18. The SMILES string of the molecule is COCCN(CC(=O)O)C(=O)C(=O)c1cccn1C. The average molecular weight is 268 g/mol. The Morgan fingerprint density at radius 3 is 2.58 bits per heavy atom. The fraction of sp³-hybridized carbons (Fsp3) is 0.417. The van der Waals surface area contributed by atoms with Gasteiger partial charge in [0.05, 0.1) is 12.3 Å². The molecule has 0 bridgehead atoms. The van der Waals surface area contributed by atoms with Crippen LogP contribution in [-0.2, 0) is 21.4 Å². The van der Waals surface area contributed by atoms with Gasteiger partial charge in [-0.2, -0.15) is 0 Å². The highest BCUT2D eigenvalue weighted by Crippen LogP contribution is 2.04. The van der Waals surface area contributed by atoms with Crippen LogP contribution in [0.4, 0.5) is 0 Å². The number of Topliss-reactive ketones (excluding diaryl/α,β-unsaturated/α-hetero) is 1. The van der Waals surface area contributed by atoms with Gasteiger partial charge in [0.25, 0.3) is 11.7 Å². The molecule has 0 radical (unpaired) electrons. The number of carbonyl (C=O) groups is 3. The number of aromatic nitrogens is 1. The molecule has 0 saturated heterocycles. The Hall–Kier alpha value is -2.15. The minimum Gasteiger partial charge on any atom is -0.480 e. The van der Waals surface area contributed by atoms with E-state index in [1.54, 1.807) is 19.3 Å². The molecule has 0 atom stereocenters. The number of ether oxygens (including phenoxy) is 1. The first-order valence-corrected chi connectivity index (χ1v) is 5.63. The van der Waals surface area contributed by atoms with Gasteiger partial charge in [0, 0.05) is 26.9 Å². The maximum Gasteiger partial charge on any atom is 0.323 e. The molecule has 0 aromatic carbocycles. The highest BCUT2D eigenvalue weighted by molar-refractivity contribution is 6.42. The van der Waals surface area contributed by atoms with Crippen LogP contribution in [0.5, 0.6) is 0 Å². The molecule has 1 aromatic rings. The number of rotatable bonds is 7. The zero-order chi connectivity index (χ0) is 14.4. The molecule has 1 heterocycles. The summed E-state index contributed by atoms with van der Waals surface area (Å²) in [5.41, 5.74) is 0.220. The van der Waals surface area contributed by atoms with Gasteiger partial charge < -0.3 is 19.3 Å². The second kappa shape index (κ2) is 6.69. The lowest BCUT2D eigenvalue weighted by Gasteiger charge is -2.19. The third kappa shape index (κ3) is 3.92. The second-order valence-corrected chi connectivity index (χ2v) is 3.95. The molecule has 19 heavy (non-hydrogen) atoms. The molecule has 1 rings (SSSR count). The summed E-state index contributed by atoms with van der Waals surface area (Å²) in [4.78, 5) is 35.6. The molecule has 7 nitrogen and oxygen atoms in total. The summed E-state index contributed by atoms with van der Waals surface area (Å²) in [5.74, 6) is -2.75. The fourth-order valence-electron chi connectivity index (χ4n) is 1.57. The average Bonchev–Trinajstić information content (AvgIpc) is 2.78. The summed E-state index contributed by atoms with van der Waals surface area (Å²) >= 11 is 0. The number of nitrogens with zero attached hydrogens (tertiary/aromatic N) is 2. The Bertz CT molecular complexity index is 480. The summed E-state index contributed by atoms with van der Waals surface area (Å²) < 4.78 is 6.30. The van der Waals surface area contributed by atoms with Crippen LogP contribution in [0.25, 0.3) is 0 Å². The van der Waals surface area contributed by atoms with E-state index < -0.39 is 24.2 Å².